The van der Waals surface area contributed by atoms with Gasteiger partial charge < -0.3 is 4.84 Å². The van der Waals surface area contributed by atoms with Crippen LogP contribution in [-0.2, 0) is 9.68 Å². The van der Waals surface area contributed by atoms with Gasteiger partial charge in [0.05, 0.1) is 6.61 Å². The van der Waals surface area contributed by atoms with Gasteiger partial charge >= 0.3 is 0 Å². The molecule has 0 bridgehead atoms. The summed E-state index contributed by atoms with van der Waals surface area (Å²) < 4.78 is 0. The number of rotatable bonds is 6. The monoisotopic (exact) mass is 150 g/mol. The van der Waals surface area contributed by atoms with Crippen molar-refractivity contribution in [3.63, 3.8) is 0 Å². The van der Waals surface area contributed by atoms with E-state index in [1.165, 1.54) is 0 Å². The molecule has 0 atom stereocenters. The van der Waals surface area contributed by atoms with Gasteiger partial charge in [-0.25, -0.2) is 5.48 Å². The van der Waals surface area contributed by atoms with E-state index in [-0.39, 0.29) is 13.2 Å². The van der Waals surface area contributed by atoms with Gasteiger partial charge in [-0.2, -0.15) is 0 Å². The normalized spacial score (nSPS) is 9.30. The molecular weight excluding hydrogens is 140 g/mol. The molecule has 0 fully saturated rings. The Bertz CT molecular complexity index is 97.3. The molecule has 0 saturated heterocycles. The molecule has 0 spiro atoms. The van der Waals surface area contributed by atoms with E-state index >= 15 is 0 Å². The zero-order chi connectivity index (χ0) is 7.82. The SMILES string of the molecule is CCNOCCO[N+](=O)[O-]. The number of hydrogen-bond donors (Lipinski definition) is 1. The number of nitrogens with zero attached hydrogens (tertiary/aromatic N) is 1. The predicted molar refractivity (Wildman–Crippen MR) is 32.6 cm³/mol. The first-order valence-electron chi connectivity index (χ1n) is 2.89. The molecule has 0 aromatic carbocycles. The third-order valence-corrected chi connectivity index (χ3v) is 0.628. The van der Waals surface area contributed by atoms with E-state index < -0.39 is 5.09 Å². The van der Waals surface area contributed by atoms with E-state index in [1.54, 1.807) is 0 Å². The van der Waals surface area contributed by atoms with Gasteiger partial charge in [-0.15, -0.1) is 10.1 Å². The standard InChI is InChI=1S/C4H10N2O4/c1-2-5-9-3-4-10-6(7)8/h5H,2-4H2,1H3. The van der Waals surface area contributed by atoms with Crippen molar-refractivity contribution in [2.24, 2.45) is 0 Å². The molecule has 0 aromatic heterocycles. The molecule has 10 heavy (non-hydrogen) atoms. The van der Waals surface area contributed by atoms with Gasteiger partial charge in [0.2, 0.25) is 0 Å². The molecule has 6 heteroatoms. The van der Waals surface area contributed by atoms with E-state index in [1.807, 2.05) is 6.92 Å². The minimum Gasteiger partial charge on any atom is -0.311 e. The smallest absolute Gasteiger partial charge is 0.294 e. The zero-order valence-corrected chi connectivity index (χ0v) is 5.70. The largest absolute Gasteiger partial charge is 0.311 e. The Hall–Kier alpha value is -0.880. The highest BCUT2D eigenvalue weighted by Gasteiger charge is 1.92. The summed E-state index contributed by atoms with van der Waals surface area (Å²) in [7, 11) is 0. The fraction of sp³-hybridized carbons (Fsp3) is 1.00. The molecule has 6 nitrogen and oxygen atoms in total. The summed E-state index contributed by atoms with van der Waals surface area (Å²) in [4.78, 5) is 18.1. The molecule has 0 heterocycles. The van der Waals surface area contributed by atoms with Crippen LogP contribution in [0.25, 0.3) is 0 Å². The van der Waals surface area contributed by atoms with E-state index in [9.17, 15) is 10.1 Å². The summed E-state index contributed by atoms with van der Waals surface area (Å²) in [6.07, 6.45) is 0. The molecule has 0 aliphatic carbocycles. The lowest BCUT2D eigenvalue weighted by molar-refractivity contribution is -0.758. The number of hydroxylamine groups is 1. The van der Waals surface area contributed by atoms with Crippen molar-refractivity contribution in [3.8, 4) is 0 Å². The zero-order valence-electron chi connectivity index (χ0n) is 5.70. The summed E-state index contributed by atoms with van der Waals surface area (Å²) in [6.45, 7) is 2.65. The van der Waals surface area contributed by atoms with Gasteiger partial charge in [-0.1, -0.05) is 6.92 Å². The molecule has 0 aromatic rings. The fourth-order valence-corrected chi connectivity index (χ4v) is 0.328. The predicted octanol–water partition coefficient (Wildman–Crippen LogP) is -0.264. The molecule has 0 unspecified atom stereocenters. The molecule has 0 saturated carbocycles. The van der Waals surface area contributed by atoms with Gasteiger partial charge in [-0.3, -0.25) is 4.84 Å². The Balaban J connectivity index is 2.84. The van der Waals surface area contributed by atoms with Crippen LogP contribution in [0.1, 0.15) is 6.92 Å². The third-order valence-electron chi connectivity index (χ3n) is 0.628. The summed E-state index contributed by atoms with van der Waals surface area (Å²) in [6, 6.07) is 0. The second-order valence-electron chi connectivity index (χ2n) is 1.40. The maximum Gasteiger partial charge on any atom is 0.294 e. The molecule has 0 amide bonds. The highest BCUT2D eigenvalue weighted by atomic mass is 17.0. The lowest BCUT2D eigenvalue weighted by atomic mass is 10.8. The van der Waals surface area contributed by atoms with Crippen molar-refractivity contribution in [1.82, 2.24) is 5.48 Å². The highest BCUT2D eigenvalue weighted by molar-refractivity contribution is 4.20. The van der Waals surface area contributed by atoms with Crippen LogP contribution in [0.5, 0.6) is 0 Å². The van der Waals surface area contributed by atoms with Gasteiger partial charge in [-0.05, 0) is 0 Å². The second kappa shape index (κ2) is 6.24. The first-order valence-corrected chi connectivity index (χ1v) is 2.89. The Labute approximate surface area is 58.2 Å². The van der Waals surface area contributed by atoms with Gasteiger partial charge in [0.1, 0.15) is 6.61 Å². The maximum absolute atomic E-state index is 9.54. The molecule has 0 radical (unpaired) electrons. The first-order chi connectivity index (χ1) is 4.77. The van der Waals surface area contributed by atoms with E-state index in [0.29, 0.717) is 6.54 Å². The quantitative estimate of drug-likeness (QED) is 0.320. The van der Waals surface area contributed by atoms with Crippen LogP contribution in [0, 0.1) is 10.1 Å². The van der Waals surface area contributed by atoms with Crippen LogP contribution in [0.15, 0.2) is 0 Å². The Kier molecular flexibility index (Phi) is 5.69. The van der Waals surface area contributed by atoms with E-state index in [0.717, 1.165) is 0 Å². The van der Waals surface area contributed by atoms with Gasteiger partial charge in [0.25, 0.3) is 5.09 Å². The Morgan fingerprint density at radius 1 is 1.60 bits per heavy atom. The summed E-state index contributed by atoms with van der Waals surface area (Å²) in [5.41, 5.74) is 2.52. The molecular formula is C4H10N2O4. The highest BCUT2D eigenvalue weighted by Crippen LogP contribution is 1.74. The van der Waals surface area contributed by atoms with Crippen molar-refractivity contribution in [2.45, 2.75) is 6.92 Å². The summed E-state index contributed by atoms with van der Waals surface area (Å²) in [5, 5.41) is 8.69. The molecule has 0 aliphatic heterocycles. The lowest BCUT2D eigenvalue weighted by Gasteiger charge is -2.00. The maximum atomic E-state index is 9.54. The van der Waals surface area contributed by atoms with Gasteiger partial charge in [0, 0.05) is 6.54 Å². The number of nitrogens with one attached hydrogen (secondary N) is 1. The van der Waals surface area contributed by atoms with Gasteiger partial charge in [0.15, 0.2) is 0 Å². The van der Waals surface area contributed by atoms with Crippen LogP contribution in [-0.4, -0.2) is 24.8 Å². The van der Waals surface area contributed by atoms with Crippen molar-refractivity contribution in [3.05, 3.63) is 10.1 Å². The topological polar surface area (TPSA) is 73.6 Å². The average Bonchev–Trinajstić information content (AvgIpc) is 1.87. The van der Waals surface area contributed by atoms with Crippen LogP contribution in [0.2, 0.25) is 0 Å². The van der Waals surface area contributed by atoms with E-state index in [4.69, 9.17) is 0 Å². The van der Waals surface area contributed by atoms with Crippen molar-refractivity contribution >= 4 is 0 Å². The van der Waals surface area contributed by atoms with Crippen LogP contribution in [0.4, 0.5) is 0 Å². The van der Waals surface area contributed by atoms with Crippen molar-refractivity contribution in [2.75, 3.05) is 19.8 Å². The average molecular weight is 150 g/mol. The van der Waals surface area contributed by atoms with Crippen molar-refractivity contribution in [1.29, 1.82) is 0 Å². The number of hydrogen-bond acceptors (Lipinski definition) is 5. The Morgan fingerprint density at radius 3 is 2.80 bits per heavy atom. The van der Waals surface area contributed by atoms with Crippen LogP contribution >= 0.6 is 0 Å². The fourth-order valence-electron chi connectivity index (χ4n) is 0.328. The van der Waals surface area contributed by atoms with E-state index in [2.05, 4.69) is 15.2 Å². The molecule has 0 rings (SSSR count). The van der Waals surface area contributed by atoms with Crippen LogP contribution < -0.4 is 5.48 Å². The molecule has 1 N–H and O–H groups in total. The summed E-state index contributed by atoms with van der Waals surface area (Å²) in [5.74, 6) is 0. The minimum absolute atomic E-state index is 0.0417. The second-order valence-corrected chi connectivity index (χ2v) is 1.40. The minimum atomic E-state index is -0.852. The van der Waals surface area contributed by atoms with Crippen LogP contribution in [0.3, 0.4) is 0 Å². The lowest BCUT2D eigenvalue weighted by Crippen LogP contribution is -2.18. The molecule has 0 aliphatic rings. The first kappa shape index (κ1) is 9.12. The van der Waals surface area contributed by atoms with Crippen molar-refractivity contribution < 1.29 is 14.8 Å². The third kappa shape index (κ3) is 7.12. The summed E-state index contributed by atoms with van der Waals surface area (Å²) >= 11 is 0. The Morgan fingerprint density at radius 2 is 2.30 bits per heavy atom. The molecule has 60 valence electrons.